The van der Waals surface area contributed by atoms with Crippen molar-refractivity contribution in [1.82, 2.24) is 5.06 Å². The molecule has 2 rings (SSSR count). The van der Waals surface area contributed by atoms with Crippen LogP contribution in [0.3, 0.4) is 0 Å². The van der Waals surface area contributed by atoms with Gasteiger partial charge in [0, 0.05) is 33.0 Å². The Morgan fingerprint density at radius 3 is 2.39 bits per heavy atom. The number of halogens is 2. The summed E-state index contributed by atoms with van der Waals surface area (Å²) in [7, 11) is 0. The number of hydrogen-bond donors (Lipinski definition) is 0. The van der Waals surface area contributed by atoms with E-state index < -0.39 is 0 Å². The van der Waals surface area contributed by atoms with E-state index in [4.69, 9.17) is 0 Å². The summed E-state index contributed by atoms with van der Waals surface area (Å²) in [6.45, 7) is 3.74. The molecule has 2 heterocycles. The molecule has 0 atom stereocenters. The van der Waals surface area contributed by atoms with Gasteiger partial charge in [0.15, 0.2) is 0 Å². The van der Waals surface area contributed by atoms with Crippen LogP contribution in [-0.4, -0.2) is 9.82 Å². The third-order valence-corrected chi connectivity index (χ3v) is 3.61. The molecule has 4 nitrogen and oxygen atoms in total. The van der Waals surface area contributed by atoms with E-state index in [1.165, 1.54) is 0 Å². The van der Waals surface area contributed by atoms with Crippen LogP contribution in [0, 0.1) is 10.1 Å². The average Bonchev–Trinajstić information content (AvgIpc) is 2.28. The minimum atomic E-state index is 0.321. The Bertz CT molecular complexity index is 583. The Kier molecular flexibility index (Phi) is 3.70. The average molecular weight is 374 g/mol. The first-order valence-corrected chi connectivity index (χ1v) is 6.78. The fourth-order valence-corrected chi connectivity index (χ4v) is 2.82. The third kappa shape index (κ3) is 2.41. The summed E-state index contributed by atoms with van der Waals surface area (Å²) in [5.41, 5.74) is 2.45. The molecule has 0 saturated heterocycles. The molecule has 0 fully saturated rings. The molecule has 94 valence electrons. The largest absolute Gasteiger partial charge is 0.753 e. The van der Waals surface area contributed by atoms with Crippen molar-refractivity contribution in [3.05, 3.63) is 66.2 Å². The molecular weight excluding hydrogens is 364 g/mol. The Morgan fingerprint density at radius 2 is 1.72 bits per heavy atom. The van der Waals surface area contributed by atoms with E-state index in [0.717, 1.165) is 11.1 Å². The summed E-state index contributed by atoms with van der Waals surface area (Å²) in [6, 6.07) is 0. The monoisotopic (exact) mass is 372 g/mol. The van der Waals surface area contributed by atoms with E-state index in [1.54, 1.807) is 24.3 Å². The molecular formula is C12H10Br2N2O2. The van der Waals surface area contributed by atoms with E-state index in [0.29, 0.717) is 30.4 Å². The number of rotatable bonds is 0. The first-order valence-electron chi connectivity index (χ1n) is 5.20. The van der Waals surface area contributed by atoms with Crippen molar-refractivity contribution in [2.24, 2.45) is 0 Å². The molecule has 0 unspecified atom stereocenters. The minimum absolute atomic E-state index is 0.321. The van der Waals surface area contributed by atoms with Crippen molar-refractivity contribution in [1.29, 1.82) is 0 Å². The molecule has 0 aliphatic carbocycles. The highest BCUT2D eigenvalue weighted by Gasteiger charge is 2.29. The maximum atomic E-state index is 12.0. The van der Waals surface area contributed by atoms with Gasteiger partial charge in [0.25, 0.3) is 5.70 Å². The smallest absolute Gasteiger partial charge is 0.305 e. The molecule has 0 saturated carbocycles. The number of nitroso groups, excluding NO2 is 1. The van der Waals surface area contributed by atoms with Gasteiger partial charge in [0.05, 0.1) is 9.37 Å². The van der Waals surface area contributed by atoms with Crippen LogP contribution in [-0.2, 0) is 0 Å². The lowest BCUT2D eigenvalue weighted by atomic mass is 10.1. The lowest BCUT2D eigenvalue weighted by Gasteiger charge is -2.33. The second-order valence-corrected chi connectivity index (χ2v) is 5.70. The Hall–Kier alpha value is -0.980. The first kappa shape index (κ1) is 13.5. The van der Waals surface area contributed by atoms with Crippen LogP contribution in [0.25, 0.3) is 0 Å². The predicted octanol–water partition coefficient (Wildman–Crippen LogP) is 4.17. The summed E-state index contributed by atoms with van der Waals surface area (Å²) in [5.74, 6) is 0. The van der Waals surface area contributed by atoms with Crippen LogP contribution in [0.1, 0.15) is 13.8 Å². The van der Waals surface area contributed by atoms with Crippen molar-refractivity contribution in [3.8, 4) is 0 Å². The summed E-state index contributed by atoms with van der Waals surface area (Å²) in [6.07, 6.45) is 6.79. The topological polar surface area (TPSA) is 46.4 Å². The predicted molar refractivity (Wildman–Crippen MR) is 77.4 cm³/mol. The zero-order valence-corrected chi connectivity index (χ0v) is 12.9. The molecule has 0 aromatic carbocycles. The Balaban J connectivity index is 2.59. The van der Waals surface area contributed by atoms with E-state index in [1.807, 2.05) is 13.8 Å². The molecule has 18 heavy (non-hydrogen) atoms. The van der Waals surface area contributed by atoms with Gasteiger partial charge in [-0.3, -0.25) is 0 Å². The van der Waals surface area contributed by atoms with Gasteiger partial charge in [0.1, 0.15) is 5.70 Å². The van der Waals surface area contributed by atoms with Crippen LogP contribution in [0.5, 0.6) is 0 Å². The molecule has 0 aromatic heterocycles. The first-order chi connectivity index (χ1) is 8.40. The summed E-state index contributed by atoms with van der Waals surface area (Å²) < 4.78 is 1.47. The van der Waals surface area contributed by atoms with E-state index in [-0.39, 0.29) is 0 Å². The molecule has 0 spiro atoms. The quantitative estimate of drug-likeness (QED) is 0.473. The van der Waals surface area contributed by atoms with Crippen LogP contribution < -0.4 is 0 Å². The standard InChI is InChI=1S/C12H10Br2N2O2/c1-7-3-9(15(17)11(13)5-7)10-4-8(2)6-12(14)16(10)18/h3-6H,1-2H3. The second-order valence-electron chi connectivity index (χ2n) is 4.07. The number of hydroxylamine groups is 2. The molecule has 6 heteroatoms. The van der Waals surface area contributed by atoms with Gasteiger partial charge in [-0.1, -0.05) is 0 Å². The lowest BCUT2D eigenvalue weighted by Crippen LogP contribution is -2.20. The fourth-order valence-electron chi connectivity index (χ4n) is 1.71. The normalized spacial score (nSPS) is 24.5. The van der Waals surface area contributed by atoms with Gasteiger partial charge in [-0.15, -0.1) is 0 Å². The molecule has 0 N–H and O–H groups in total. The van der Waals surface area contributed by atoms with Crippen LogP contribution in [0.2, 0.25) is 0 Å². The molecule has 2 aliphatic rings. The minimum Gasteiger partial charge on any atom is -0.753 e. The Labute approximate surface area is 121 Å². The van der Waals surface area contributed by atoms with E-state index in [9.17, 15) is 10.1 Å². The van der Waals surface area contributed by atoms with Gasteiger partial charge in [0.2, 0.25) is 0 Å². The summed E-state index contributed by atoms with van der Waals surface area (Å²) in [5, 5.41) is 12.7. The van der Waals surface area contributed by atoms with Gasteiger partial charge in [-0.2, -0.15) is 0 Å². The number of allylic oxidation sites excluding steroid dienone is 6. The highest BCUT2D eigenvalue weighted by molar-refractivity contribution is 9.11. The fraction of sp³-hybridized carbons (Fsp3) is 0.167. The highest BCUT2D eigenvalue weighted by Crippen LogP contribution is 2.32. The second kappa shape index (κ2) is 4.95. The van der Waals surface area contributed by atoms with Crippen molar-refractivity contribution >= 4 is 31.9 Å². The van der Waals surface area contributed by atoms with Gasteiger partial charge in [-0.25, -0.2) is 0 Å². The molecule has 0 bridgehead atoms. The molecule has 2 aliphatic heterocycles. The highest BCUT2D eigenvalue weighted by atomic mass is 79.9. The zero-order chi connectivity index (χ0) is 13.4. The molecule has 0 aromatic rings. The van der Waals surface area contributed by atoms with E-state index >= 15 is 0 Å². The molecule has 0 radical (unpaired) electrons. The number of nitrogens with zero attached hydrogens (tertiary/aromatic N) is 2. The maximum absolute atomic E-state index is 12.0. The zero-order valence-electron chi connectivity index (χ0n) is 9.78. The lowest BCUT2D eigenvalue weighted by molar-refractivity contribution is -0.427. The van der Waals surface area contributed by atoms with Crippen LogP contribution in [0.4, 0.5) is 0 Å². The molecule has 0 amide bonds. The Morgan fingerprint density at radius 1 is 1.11 bits per heavy atom. The summed E-state index contributed by atoms with van der Waals surface area (Å²) >= 11 is 6.37. The van der Waals surface area contributed by atoms with Crippen molar-refractivity contribution < 1.29 is 4.76 Å². The van der Waals surface area contributed by atoms with Crippen molar-refractivity contribution in [2.45, 2.75) is 13.8 Å². The number of hydrogen-bond acceptors (Lipinski definition) is 3. The van der Waals surface area contributed by atoms with Crippen LogP contribution >= 0.6 is 31.9 Å². The van der Waals surface area contributed by atoms with Gasteiger partial charge in [-0.05, 0) is 53.1 Å². The van der Waals surface area contributed by atoms with Gasteiger partial charge < -0.3 is 10.3 Å². The van der Waals surface area contributed by atoms with E-state index in [2.05, 4.69) is 31.9 Å². The van der Waals surface area contributed by atoms with Crippen molar-refractivity contribution in [2.75, 3.05) is 0 Å². The SMILES string of the molecule is CC1=CC(=C2C=C(C)C=C(Br)[N+]2=O)N([O-])C(Br)=C1. The summed E-state index contributed by atoms with van der Waals surface area (Å²) in [4.78, 5) is 12.0. The van der Waals surface area contributed by atoms with Crippen molar-refractivity contribution in [3.63, 3.8) is 0 Å². The maximum Gasteiger partial charge on any atom is 0.305 e. The van der Waals surface area contributed by atoms with Gasteiger partial charge >= 0.3 is 4.61 Å². The van der Waals surface area contributed by atoms with Crippen LogP contribution in [0.15, 0.2) is 56.1 Å². The third-order valence-electron chi connectivity index (χ3n) is 2.51.